The molecule has 0 radical (unpaired) electrons. The predicted octanol–water partition coefficient (Wildman–Crippen LogP) is 2.17. The van der Waals surface area contributed by atoms with Crippen LogP contribution in [0, 0.1) is 5.82 Å². The van der Waals surface area contributed by atoms with Gasteiger partial charge in [-0.05, 0) is 6.07 Å². The molecular formula is C15H20FNO3. The summed E-state index contributed by atoms with van der Waals surface area (Å²) in [6, 6.07) is 5.03. The maximum atomic E-state index is 13.9. The van der Waals surface area contributed by atoms with Crippen molar-refractivity contribution in [1.82, 2.24) is 4.90 Å². The minimum Gasteiger partial charge on any atom is -0.497 e. The van der Waals surface area contributed by atoms with Crippen LogP contribution in [0.4, 0.5) is 4.39 Å². The molecule has 0 amide bonds. The molecule has 0 aliphatic carbocycles. The molecule has 3 rings (SSSR count). The highest BCUT2D eigenvalue weighted by Gasteiger charge is 2.39. The van der Waals surface area contributed by atoms with Gasteiger partial charge < -0.3 is 14.2 Å². The predicted molar refractivity (Wildman–Crippen MR) is 72.1 cm³/mol. The quantitative estimate of drug-likeness (QED) is 0.849. The van der Waals surface area contributed by atoms with E-state index in [-0.39, 0.29) is 11.6 Å². The Morgan fingerprint density at radius 2 is 1.95 bits per heavy atom. The van der Waals surface area contributed by atoms with Crippen molar-refractivity contribution in [3.63, 3.8) is 0 Å². The van der Waals surface area contributed by atoms with E-state index in [4.69, 9.17) is 14.2 Å². The lowest BCUT2D eigenvalue weighted by atomic mass is 10.0. The summed E-state index contributed by atoms with van der Waals surface area (Å²) in [6.07, 6.45) is 1.70. The largest absolute Gasteiger partial charge is 0.497 e. The van der Waals surface area contributed by atoms with Crippen LogP contribution in [-0.2, 0) is 16.0 Å². The van der Waals surface area contributed by atoms with Gasteiger partial charge in [0.15, 0.2) is 5.79 Å². The lowest BCUT2D eigenvalue weighted by molar-refractivity contribution is -0.185. The Kier molecular flexibility index (Phi) is 3.92. The number of likely N-dealkylation sites (tertiary alicyclic amines) is 1. The lowest BCUT2D eigenvalue weighted by Gasteiger charge is -2.37. The van der Waals surface area contributed by atoms with E-state index >= 15 is 0 Å². The number of piperidine rings is 1. The molecule has 0 unspecified atom stereocenters. The summed E-state index contributed by atoms with van der Waals surface area (Å²) in [7, 11) is 1.54. The number of hydrogen-bond acceptors (Lipinski definition) is 4. The molecule has 5 heteroatoms. The first-order valence-corrected chi connectivity index (χ1v) is 7.03. The molecule has 0 atom stereocenters. The zero-order valence-electron chi connectivity index (χ0n) is 11.7. The second-order valence-electron chi connectivity index (χ2n) is 5.34. The fourth-order valence-electron chi connectivity index (χ4n) is 2.86. The number of nitrogens with zero attached hydrogens (tertiary/aromatic N) is 1. The van der Waals surface area contributed by atoms with E-state index < -0.39 is 0 Å². The van der Waals surface area contributed by atoms with Gasteiger partial charge in [-0.1, -0.05) is 6.07 Å². The molecule has 20 heavy (non-hydrogen) atoms. The molecule has 110 valence electrons. The third-order valence-electron chi connectivity index (χ3n) is 4.09. The van der Waals surface area contributed by atoms with Gasteiger partial charge >= 0.3 is 0 Å². The number of rotatable bonds is 3. The van der Waals surface area contributed by atoms with Gasteiger partial charge in [-0.25, -0.2) is 4.39 Å². The zero-order chi connectivity index (χ0) is 14.0. The Morgan fingerprint density at radius 1 is 1.25 bits per heavy atom. The number of benzene rings is 1. The Morgan fingerprint density at radius 3 is 2.55 bits per heavy atom. The van der Waals surface area contributed by atoms with Gasteiger partial charge in [-0.15, -0.1) is 0 Å². The Labute approximate surface area is 118 Å². The van der Waals surface area contributed by atoms with Crippen LogP contribution in [0.25, 0.3) is 0 Å². The van der Waals surface area contributed by atoms with Gasteiger partial charge in [0.05, 0.1) is 20.3 Å². The maximum absolute atomic E-state index is 13.9. The van der Waals surface area contributed by atoms with Crippen molar-refractivity contribution in [1.29, 1.82) is 0 Å². The fraction of sp³-hybridized carbons (Fsp3) is 0.600. The smallest absolute Gasteiger partial charge is 0.170 e. The summed E-state index contributed by atoms with van der Waals surface area (Å²) in [5, 5.41) is 0. The van der Waals surface area contributed by atoms with Crippen molar-refractivity contribution < 1.29 is 18.6 Å². The third kappa shape index (κ3) is 2.80. The molecule has 2 saturated heterocycles. The van der Waals surface area contributed by atoms with E-state index in [9.17, 15) is 4.39 Å². The first kappa shape index (κ1) is 13.8. The van der Waals surface area contributed by atoms with Crippen LogP contribution in [0.5, 0.6) is 5.75 Å². The van der Waals surface area contributed by atoms with Crippen molar-refractivity contribution in [3.8, 4) is 5.75 Å². The van der Waals surface area contributed by atoms with Crippen LogP contribution >= 0.6 is 0 Å². The van der Waals surface area contributed by atoms with Crippen LogP contribution in [0.2, 0.25) is 0 Å². The minimum absolute atomic E-state index is 0.210. The normalized spacial score (nSPS) is 22.3. The van der Waals surface area contributed by atoms with Crippen molar-refractivity contribution in [2.24, 2.45) is 0 Å². The van der Waals surface area contributed by atoms with Gasteiger partial charge in [0, 0.05) is 44.1 Å². The molecule has 1 aromatic rings. The summed E-state index contributed by atoms with van der Waals surface area (Å²) in [6.45, 7) is 3.73. The Bertz CT molecular complexity index is 464. The SMILES string of the molecule is COc1ccc(CN2CCC3(CC2)OCCO3)c(F)c1. The van der Waals surface area contributed by atoms with Gasteiger partial charge in [0.25, 0.3) is 0 Å². The summed E-state index contributed by atoms with van der Waals surface area (Å²) in [4.78, 5) is 2.24. The van der Waals surface area contributed by atoms with Crippen molar-refractivity contribution in [2.45, 2.75) is 25.2 Å². The maximum Gasteiger partial charge on any atom is 0.170 e. The summed E-state index contributed by atoms with van der Waals surface area (Å²) >= 11 is 0. The summed E-state index contributed by atoms with van der Waals surface area (Å²) in [5.41, 5.74) is 0.704. The highest BCUT2D eigenvalue weighted by Crippen LogP contribution is 2.32. The van der Waals surface area contributed by atoms with E-state index in [2.05, 4.69) is 4.90 Å². The van der Waals surface area contributed by atoms with Crippen molar-refractivity contribution in [3.05, 3.63) is 29.6 Å². The average Bonchev–Trinajstić information content (AvgIpc) is 2.92. The zero-order valence-corrected chi connectivity index (χ0v) is 11.7. The number of hydrogen-bond donors (Lipinski definition) is 0. The molecule has 4 nitrogen and oxygen atoms in total. The number of halogens is 1. The molecule has 0 saturated carbocycles. The number of methoxy groups -OCH3 is 1. The average molecular weight is 281 g/mol. The molecule has 0 bridgehead atoms. The van der Waals surface area contributed by atoms with Crippen molar-refractivity contribution >= 4 is 0 Å². The van der Waals surface area contributed by atoms with E-state index in [1.807, 2.05) is 0 Å². The lowest BCUT2D eigenvalue weighted by Crippen LogP contribution is -2.44. The van der Waals surface area contributed by atoms with Crippen LogP contribution in [0.3, 0.4) is 0 Å². The summed E-state index contributed by atoms with van der Waals surface area (Å²) in [5.74, 6) is -0.0239. The van der Waals surface area contributed by atoms with E-state index in [0.717, 1.165) is 25.9 Å². The third-order valence-corrected chi connectivity index (χ3v) is 4.09. The molecule has 1 spiro atoms. The standard InChI is InChI=1S/C15H20FNO3/c1-18-13-3-2-12(14(16)10-13)11-17-6-4-15(5-7-17)19-8-9-20-15/h2-3,10H,4-9,11H2,1H3. The van der Waals surface area contributed by atoms with Gasteiger partial charge in [-0.2, -0.15) is 0 Å². The van der Waals surface area contributed by atoms with E-state index in [0.29, 0.717) is 31.1 Å². The van der Waals surface area contributed by atoms with Gasteiger partial charge in [-0.3, -0.25) is 4.90 Å². The summed E-state index contributed by atoms with van der Waals surface area (Å²) < 4.78 is 30.3. The molecule has 2 aliphatic heterocycles. The first-order chi connectivity index (χ1) is 9.71. The molecule has 2 heterocycles. The van der Waals surface area contributed by atoms with Crippen LogP contribution in [0.15, 0.2) is 18.2 Å². The monoisotopic (exact) mass is 281 g/mol. The second-order valence-corrected chi connectivity index (χ2v) is 5.34. The molecule has 2 fully saturated rings. The molecule has 1 aromatic carbocycles. The van der Waals surface area contributed by atoms with Crippen LogP contribution < -0.4 is 4.74 Å². The van der Waals surface area contributed by atoms with Crippen molar-refractivity contribution in [2.75, 3.05) is 33.4 Å². The topological polar surface area (TPSA) is 30.9 Å². The van der Waals surface area contributed by atoms with Gasteiger partial charge in [0.2, 0.25) is 0 Å². The molecule has 0 N–H and O–H groups in total. The highest BCUT2D eigenvalue weighted by atomic mass is 19.1. The number of ether oxygens (including phenoxy) is 3. The van der Waals surface area contributed by atoms with E-state index in [1.54, 1.807) is 19.2 Å². The second kappa shape index (κ2) is 5.68. The fourth-order valence-corrected chi connectivity index (χ4v) is 2.86. The van der Waals surface area contributed by atoms with Crippen LogP contribution in [0.1, 0.15) is 18.4 Å². The molecule has 2 aliphatic rings. The Balaban J connectivity index is 1.59. The molecule has 0 aromatic heterocycles. The minimum atomic E-state index is -0.366. The van der Waals surface area contributed by atoms with E-state index in [1.165, 1.54) is 6.07 Å². The Hall–Kier alpha value is -1.17. The molecular weight excluding hydrogens is 261 g/mol. The van der Waals surface area contributed by atoms with Crippen LogP contribution in [-0.4, -0.2) is 44.1 Å². The first-order valence-electron chi connectivity index (χ1n) is 7.03. The van der Waals surface area contributed by atoms with Gasteiger partial charge in [0.1, 0.15) is 11.6 Å². The highest BCUT2D eigenvalue weighted by molar-refractivity contribution is 5.28.